The third kappa shape index (κ3) is 6.15. The number of carbonyl (C=O) groups is 1. The van der Waals surface area contributed by atoms with Gasteiger partial charge in [0, 0.05) is 18.7 Å². The van der Waals surface area contributed by atoms with Gasteiger partial charge in [0.2, 0.25) is 10.0 Å². The van der Waals surface area contributed by atoms with Gasteiger partial charge >= 0.3 is 6.18 Å². The number of sulfonamides is 1. The molecule has 1 aliphatic rings. The predicted octanol–water partition coefficient (Wildman–Crippen LogP) is 1.18. The molecule has 0 bridgehead atoms. The normalized spacial score (nSPS) is 15.6. The van der Waals surface area contributed by atoms with Crippen LogP contribution in [0.1, 0.15) is 16.8 Å². The van der Waals surface area contributed by atoms with Gasteiger partial charge in [-0.1, -0.05) is 17.7 Å². The molecule has 0 saturated heterocycles. The molecule has 1 aromatic carbocycles. The van der Waals surface area contributed by atoms with Crippen molar-refractivity contribution in [2.75, 3.05) is 26.2 Å². The smallest absolute Gasteiger partial charge is 0.343 e. The van der Waals surface area contributed by atoms with Gasteiger partial charge in [-0.2, -0.15) is 13.2 Å². The molecule has 0 aliphatic carbocycles. The standard InChI is InChI=1S/C15H18F3N3O3S/c16-15(17,18)10-20-14(22)12-2-1-3-13(8-12)25(23,24)21-9-11-4-6-19-7-5-11/h1-4,8,19,21H,5-7,9-10H2,(H,20,22). The summed E-state index contributed by atoms with van der Waals surface area (Å²) in [6.45, 7) is 0.103. The molecule has 2 rings (SSSR count). The first kappa shape index (κ1) is 19.4. The Morgan fingerprint density at radius 2 is 2.04 bits per heavy atom. The summed E-state index contributed by atoms with van der Waals surface area (Å²) in [6, 6.07) is 4.88. The van der Waals surface area contributed by atoms with Crippen LogP contribution in [0.2, 0.25) is 0 Å². The SMILES string of the molecule is O=C(NCC(F)(F)F)c1cccc(S(=O)(=O)NCC2=CCNCC2)c1. The van der Waals surface area contributed by atoms with Gasteiger partial charge in [0.15, 0.2) is 0 Å². The first-order valence-electron chi connectivity index (χ1n) is 7.51. The largest absolute Gasteiger partial charge is 0.405 e. The Morgan fingerprint density at radius 1 is 1.28 bits per heavy atom. The number of alkyl halides is 3. The number of hydrogen-bond donors (Lipinski definition) is 3. The van der Waals surface area contributed by atoms with E-state index in [1.165, 1.54) is 18.2 Å². The van der Waals surface area contributed by atoms with Gasteiger partial charge in [0.25, 0.3) is 5.91 Å². The summed E-state index contributed by atoms with van der Waals surface area (Å²) in [4.78, 5) is 11.6. The molecule has 3 N–H and O–H groups in total. The zero-order valence-corrected chi connectivity index (χ0v) is 14.0. The second-order valence-electron chi connectivity index (χ2n) is 5.47. The van der Waals surface area contributed by atoms with Crippen LogP contribution in [-0.4, -0.2) is 46.7 Å². The number of nitrogens with one attached hydrogen (secondary N) is 3. The fourth-order valence-electron chi connectivity index (χ4n) is 2.19. The molecule has 1 heterocycles. The molecule has 138 valence electrons. The van der Waals surface area contributed by atoms with Gasteiger partial charge in [-0.25, -0.2) is 13.1 Å². The lowest BCUT2D eigenvalue weighted by atomic mass is 10.1. The molecule has 0 fully saturated rings. The van der Waals surface area contributed by atoms with E-state index < -0.39 is 28.7 Å². The number of halogens is 3. The monoisotopic (exact) mass is 377 g/mol. The lowest BCUT2D eigenvalue weighted by Crippen LogP contribution is -2.34. The van der Waals surface area contributed by atoms with E-state index in [9.17, 15) is 26.4 Å². The molecule has 1 amide bonds. The molecular weight excluding hydrogens is 359 g/mol. The van der Waals surface area contributed by atoms with Crippen molar-refractivity contribution in [2.24, 2.45) is 0 Å². The van der Waals surface area contributed by atoms with E-state index in [2.05, 4.69) is 10.0 Å². The van der Waals surface area contributed by atoms with Gasteiger partial charge in [0.1, 0.15) is 6.54 Å². The zero-order chi connectivity index (χ0) is 18.5. The topological polar surface area (TPSA) is 87.3 Å². The van der Waals surface area contributed by atoms with E-state index in [4.69, 9.17) is 0 Å². The maximum atomic E-state index is 12.3. The van der Waals surface area contributed by atoms with E-state index >= 15 is 0 Å². The Morgan fingerprint density at radius 3 is 2.68 bits per heavy atom. The maximum absolute atomic E-state index is 12.3. The Balaban J connectivity index is 2.05. The third-order valence-electron chi connectivity index (χ3n) is 3.50. The quantitative estimate of drug-likeness (QED) is 0.650. The molecule has 0 unspecified atom stereocenters. The highest BCUT2D eigenvalue weighted by Crippen LogP contribution is 2.15. The van der Waals surface area contributed by atoms with E-state index in [0.717, 1.165) is 24.6 Å². The summed E-state index contributed by atoms with van der Waals surface area (Å²) in [5.41, 5.74) is 0.787. The highest BCUT2D eigenvalue weighted by atomic mass is 32.2. The van der Waals surface area contributed by atoms with Crippen molar-refractivity contribution >= 4 is 15.9 Å². The van der Waals surface area contributed by atoms with Crippen molar-refractivity contribution in [3.8, 4) is 0 Å². The Labute approximate surface area is 143 Å². The van der Waals surface area contributed by atoms with Crippen molar-refractivity contribution in [1.82, 2.24) is 15.4 Å². The van der Waals surface area contributed by atoms with Crippen LogP contribution in [0.3, 0.4) is 0 Å². The second kappa shape index (κ2) is 7.98. The van der Waals surface area contributed by atoms with E-state index in [0.29, 0.717) is 6.54 Å². The summed E-state index contributed by atoms with van der Waals surface area (Å²) < 4.78 is 63.5. The Kier molecular flexibility index (Phi) is 6.20. The van der Waals surface area contributed by atoms with Crippen molar-refractivity contribution in [3.63, 3.8) is 0 Å². The molecule has 0 radical (unpaired) electrons. The van der Waals surface area contributed by atoms with Crippen LogP contribution >= 0.6 is 0 Å². The molecule has 0 spiro atoms. The molecule has 0 saturated carbocycles. The minimum Gasteiger partial charge on any atom is -0.343 e. The summed E-state index contributed by atoms with van der Waals surface area (Å²) >= 11 is 0. The molecule has 0 aromatic heterocycles. The summed E-state index contributed by atoms with van der Waals surface area (Å²) in [5.74, 6) is -0.990. The zero-order valence-electron chi connectivity index (χ0n) is 13.2. The Bertz CT molecular complexity index is 761. The van der Waals surface area contributed by atoms with Crippen LogP contribution in [0.4, 0.5) is 13.2 Å². The summed E-state index contributed by atoms with van der Waals surface area (Å²) in [5, 5.41) is 4.81. The van der Waals surface area contributed by atoms with Gasteiger partial charge in [-0.15, -0.1) is 0 Å². The molecule has 25 heavy (non-hydrogen) atoms. The number of carbonyl (C=O) groups excluding carboxylic acids is 1. The van der Waals surface area contributed by atoms with Gasteiger partial charge in [-0.3, -0.25) is 4.79 Å². The predicted molar refractivity (Wildman–Crippen MR) is 85.6 cm³/mol. The number of benzene rings is 1. The van der Waals surface area contributed by atoms with Gasteiger partial charge < -0.3 is 10.6 Å². The third-order valence-corrected chi connectivity index (χ3v) is 4.90. The average Bonchev–Trinajstić information content (AvgIpc) is 2.58. The van der Waals surface area contributed by atoms with Crippen LogP contribution in [0.25, 0.3) is 0 Å². The van der Waals surface area contributed by atoms with Crippen LogP contribution < -0.4 is 15.4 Å². The van der Waals surface area contributed by atoms with Crippen molar-refractivity contribution in [3.05, 3.63) is 41.5 Å². The van der Waals surface area contributed by atoms with Gasteiger partial charge in [-0.05, 0) is 31.2 Å². The Hall–Kier alpha value is -1.91. The molecule has 1 aliphatic heterocycles. The number of rotatable bonds is 6. The van der Waals surface area contributed by atoms with Crippen molar-refractivity contribution in [1.29, 1.82) is 0 Å². The molecule has 6 nitrogen and oxygen atoms in total. The van der Waals surface area contributed by atoms with Crippen LogP contribution in [0, 0.1) is 0 Å². The number of hydrogen-bond acceptors (Lipinski definition) is 4. The fraction of sp³-hybridized carbons (Fsp3) is 0.400. The van der Waals surface area contributed by atoms with E-state index in [-0.39, 0.29) is 17.0 Å². The average molecular weight is 377 g/mol. The van der Waals surface area contributed by atoms with Crippen LogP contribution in [-0.2, 0) is 10.0 Å². The summed E-state index contributed by atoms with van der Waals surface area (Å²) in [7, 11) is -3.87. The van der Waals surface area contributed by atoms with E-state index in [1.54, 1.807) is 5.32 Å². The fourth-order valence-corrected chi connectivity index (χ4v) is 3.27. The first-order chi connectivity index (χ1) is 11.7. The minimum absolute atomic E-state index is 0.147. The highest BCUT2D eigenvalue weighted by Gasteiger charge is 2.28. The van der Waals surface area contributed by atoms with Crippen molar-refractivity contribution < 1.29 is 26.4 Å². The van der Waals surface area contributed by atoms with Crippen molar-refractivity contribution in [2.45, 2.75) is 17.5 Å². The molecular formula is C15H18F3N3O3S. The van der Waals surface area contributed by atoms with Crippen LogP contribution in [0.15, 0.2) is 40.8 Å². The molecule has 10 heteroatoms. The lowest BCUT2D eigenvalue weighted by Gasteiger charge is -2.15. The molecule has 0 atom stereocenters. The summed E-state index contributed by atoms with van der Waals surface area (Å²) in [6.07, 6.45) is -1.92. The lowest BCUT2D eigenvalue weighted by molar-refractivity contribution is -0.123. The molecule has 1 aromatic rings. The maximum Gasteiger partial charge on any atom is 0.405 e. The van der Waals surface area contributed by atoms with Gasteiger partial charge in [0.05, 0.1) is 4.90 Å². The van der Waals surface area contributed by atoms with E-state index in [1.807, 2.05) is 6.08 Å². The second-order valence-corrected chi connectivity index (χ2v) is 7.23. The van der Waals surface area contributed by atoms with Crippen LogP contribution in [0.5, 0.6) is 0 Å². The highest BCUT2D eigenvalue weighted by molar-refractivity contribution is 7.89. The number of amides is 1. The minimum atomic E-state index is -4.54. The first-order valence-corrected chi connectivity index (χ1v) is 8.99.